The summed E-state index contributed by atoms with van der Waals surface area (Å²) in [7, 11) is 0. The van der Waals surface area contributed by atoms with Crippen molar-refractivity contribution in [3.63, 3.8) is 0 Å². The first-order valence-electron chi connectivity index (χ1n) is 11.4. The molecule has 0 unspecified atom stereocenters. The molecule has 164 valence electrons. The third kappa shape index (κ3) is 5.91. The molecular weight excluding hydrogens is 388 g/mol. The molecule has 2 aromatic rings. The Balaban J connectivity index is 1.27. The van der Waals surface area contributed by atoms with Crippen LogP contribution in [0.25, 0.3) is 0 Å². The van der Waals surface area contributed by atoms with Gasteiger partial charge in [-0.1, -0.05) is 36.4 Å². The molecule has 2 fully saturated rings. The Morgan fingerprint density at radius 2 is 1.81 bits per heavy atom. The van der Waals surface area contributed by atoms with Gasteiger partial charge in [0.15, 0.2) is 0 Å². The maximum Gasteiger partial charge on any atom is 0.237 e. The number of amides is 2. The third-order valence-electron chi connectivity index (χ3n) is 6.57. The Labute approximate surface area is 184 Å². The zero-order valence-electron chi connectivity index (χ0n) is 18.1. The second kappa shape index (κ2) is 10.5. The fraction of sp³-hybridized carbons (Fsp3) is 0.480. The Bertz CT molecular complexity index is 850. The number of hydrogen-bond donors (Lipinski definition) is 1. The van der Waals surface area contributed by atoms with Gasteiger partial charge in [-0.2, -0.15) is 0 Å². The fourth-order valence-corrected chi connectivity index (χ4v) is 4.68. The second-order valence-electron chi connectivity index (χ2n) is 8.69. The summed E-state index contributed by atoms with van der Waals surface area (Å²) in [6.07, 6.45) is 8.20. The van der Waals surface area contributed by atoms with Crippen LogP contribution in [0.15, 0.2) is 54.9 Å². The van der Waals surface area contributed by atoms with Crippen LogP contribution in [-0.4, -0.2) is 58.8 Å². The largest absolute Gasteiger partial charge is 0.353 e. The van der Waals surface area contributed by atoms with Gasteiger partial charge >= 0.3 is 0 Å². The van der Waals surface area contributed by atoms with Crippen LogP contribution in [-0.2, 0) is 22.6 Å². The minimum atomic E-state index is -0.405. The average molecular weight is 421 g/mol. The number of aromatic nitrogens is 1. The van der Waals surface area contributed by atoms with Crippen LogP contribution in [0.2, 0.25) is 0 Å². The van der Waals surface area contributed by atoms with E-state index < -0.39 is 6.04 Å². The lowest BCUT2D eigenvalue weighted by Gasteiger charge is -2.37. The molecule has 0 saturated carbocycles. The molecule has 1 aromatic heterocycles. The van der Waals surface area contributed by atoms with Crippen molar-refractivity contribution in [2.75, 3.05) is 26.2 Å². The number of carbonyl (C=O) groups is 2. The summed E-state index contributed by atoms with van der Waals surface area (Å²) < 4.78 is 0. The van der Waals surface area contributed by atoms with E-state index in [1.807, 2.05) is 23.2 Å². The van der Waals surface area contributed by atoms with Crippen molar-refractivity contribution in [1.29, 1.82) is 0 Å². The number of likely N-dealkylation sites (tertiary alicyclic amines) is 1. The smallest absolute Gasteiger partial charge is 0.237 e. The topological polar surface area (TPSA) is 65.5 Å². The van der Waals surface area contributed by atoms with E-state index in [1.54, 1.807) is 6.20 Å². The highest BCUT2D eigenvalue weighted by atomic mass is 16.2. The number of piperazine rings is 1. The molecule has 0 radical (unpaired) electrons. The zero-order chi connectivity index (χ0) is 21.5. The van der Waals surface area contributed by atoms with E-state index >= 15 is 0 Å². The first-order valence-corrected chi connectivity index (χ1v) is 11.4. The van der Waals surface area contributed by atoms with Crippen LogP contribution in [0, 0.1) is 5.92 Å². The number of rotatable bonds is 7. The van der Waals surface area contributed by atoms with Gasteiger partial charge in [0.1, 0.15) is 0 Å². The molecule has 6 heteroatoms. The monoisotopic (exact) mass is 420 g/mol. The Morgan fingerprint density at radius 3 is 2.55 bits per heavy atom. The molecule has 2 saturated heterocycles. The minimum Gasteiger partial charge on any atom is -0.353 e. The molecule has 31 heavy (non-hydrogen) atoms. The summed E-state index contributed by atoms with van der Waals surface area (Å²) in [6.45, 7) is 3.61. The number of carbonyl (C=O) groups excluding carboxylic acids is 2. The van der Waals surface area contributed by atoms with E-state index in [0.29, 0.717) is 19.0 Å². The number of pyridine rings is 1. The summed E-state index contributed by atoms with van der Waals surface area (Å²) >= 11 is 0. The summed E-state index contributed by atoms with van der Waals surface area (Å²) in [5, 5.41) is 2.93. The van der Waals surface area contributed by atoms with Gasteiger partial charge in [-0.15, -0.1) is 0 Å². The van der Waals surface area contributed by atoms with Crippen LogP contribution in [0.5, 0.6) is 0 Å². The number of hydrogen-bond acceptors (Lipinski definition) is 4. The molecule has 1 aromatic carbocycles. The maximum absolute atomic E-state index is 13.0. The maximum atomic E-state index is 13.0. The van der Waals surface area contributed by atoms with Crippen molar-refractivity contribution in [3.8, 4) is 0 Å². The zero-order valence-corrected chi connectivity index (χ0v) is 18.1. The van der Waals surface area contributed by atoms with E-state index in [2.05, 4.69) is 45.5 Å². The van der Waals surface area contributed by atoms with Crippen molar-refractivity contribution >= 4 is 11.8 Å². The van der Waals surface area contributed by atoms with Crippen LogP contribution < -0.4 is 5.32 Å². The van der Waals surface area contributed by atoms with E-state index in [4.69, 9.17) is 0 Å². The van der Waals surface area contributed by atoms with E-state index in [1.165, 1.54) is 12.0 Å². The summed E-state index contributed by atoms with van der Waals surface area (Å²) in [5.41, 5.74) is 2.45. The molecule has 0 aliphatic carbocycles. The Kier molecular flexibility index (Phi) is 7.30. The molecule has 3 heterocycles. The highest BCUT2D eigenvalue weighted by Crippen LogP contribution is 2.24. The summed E-state index contributed by atoms with van der Waals surface area (Å²) in [6, 6.07) is 14.1. The molecule has 4 rings (SSSR count). The Hall–Kier alpha value is -2.73. The van der Waals surface area contributed by atoms with Crippen LogP contribution in [0.4, 0.5) is 0 Å². The van der Waals surface area contributed by atoms with Crippen LogP contribution in [0.3, 0.4) is 0 Å². The number of nitrogens with zero attached hydrogens (tertiary/aromatic N) is 3. The molecule has 6 nitrogen and oxygen atoms in total. The number of nitrogens with one attached hydrogen (secondary N) is 1. The SMILES string of the molecule is O=C1NCCN(Cc2cccnc2)[C@H]1CC(=O)N1CCC(CCc2ccccc2)CC1. The predicted molar refractivity (Wildman–Crippen MR) is 120 cm³/mol. The van der Waals surface area contributed by atoms with E-state index in [0.717, 1.165) is 44.5 Å². The van der Waals surface area contributed by atoms with E-state index in [9.17, 15) is 9.59 Å². The highest BCUT2D eigenvalue weighted by Gasteiger charge is 2.33. The van der Waals surface area contributed by atoms with Gasteiger partial charge in [0.2, 0.25) is 11.8 Å². The summed E-state index contributed by atoms with van der Waals surface area (Å²) in [5.74, 6) is 0.727. The van der Waals surface area contributed by atoms with Gasteiger partial charge in [-0.3, -0.25) is 19.5 Å². The van der Waals surface area contributed by atoms with Gasteiger partial charge in [0.05, 0.1) is 12.5 Å². The molecule has 0 spiro atoms. The van der Waals surface area contributed by atoms with Crippen molar-refractivity contribution < 1.29 is 9.59 Å². The lowest BCUT2D eigenvalue weighted by atomic mass is 9.90. The number of piperidine rings is 1. The minimum absolute atomic E-state index is 0.0405. The molecule has 1 atom stereocenters. The van der Waals surface area contributed by atoms with Gasteiger partial charge in [0, 0.05) is 45.1 Å². The van der Waals surface area contributed by atoms with Crippen molar-refractivity contribution in [3.05, 3.63) is 66.0 Å². The Morgan fingerprint density at radius 1 is 1.03 bits per heavy atom. The quantitative estimate of drug-likeness (QED) is 0.748. The molecule has 2 aliphatic rings. The van der Waals surface area contributed by atoms with Crippen LogP contribution in [0.1, 0.15) is 36.8 Å². The average Bonchev–Trinajstić information content (AvgIpc) is 2.81. The first-order chi connectivity index (χ1) is 15.2. The van der Waals surface area contributed by atoms with Crippen molar-refractivity contribution in [2.24, 2.45) is 5.92 Å². The lowest BCUT2D eigenvalue weighted by Crippen LogP contribution is -2.56. The predicted octanol–water partition coefficient (Wildman–Crippen LogP) is 2.64. The molecule has 2 aliphatic heterocycles. The van der Waals surface area contributed by atoms with Gasteiger partial charge in [-0.05, 0) is 48.8 Å². The first kappa shape index (κ1) is 21.5. The number of benzene rings is 1. The van der Waals surface area contributed by atoms with Crippen molar-refractivity contribution in [1.82, 2.24) is 20.1 Å². The van der Waals surface area contributed by atoms with Gasteiger partial charge in [-0.25, -0.2) is 0 Å². The van der Waals surface area contributed by atoms with Gasteiger partial charge in [0.25, 0.3) is 0 Å². The molecular formula is C25H32N4O2. The fourth-order valence-electron chi connectivity index (χ4n) is 4.68. The van der Waals surface area contributed by atoms with Crippen LogP contribution >= 0.6 is 0 Å². The van der Waals surface area contributed by atoms with E-state index in [-0.39, 0.29) is 18.2 Å². The number of aryl methyl sites for hydroxylation is 1. The second-order valence-corrected chi connectivity index (χ2v) is 8.69. The van der Waals surface area contributed by atoms with Gasteiger partial charge < -0.3 is 10.2 Å². The highest BCUT2D eigenvalue weighted by molar-refractivity contribution is 5.88. The third-order valence-corrected chi connectivity index (χ3v) is 6.57. The molecule has 0 bridgehead atoms. The molecule has 1 N–H and O–H groups in total. The van der Waals surface area contributed by atoms with Crippen molar-refractivity contribution in [2.45, 2.75) is 44.7 Å². The standard InChI is InChI=1S/C25H32N4O2/c30-24(28-14-10-21(11-15-28)9-8-20-5-2-1-3-6-20)17-23-25(31)27-13-16-29(23)19-22-7-4-12-26-18-22/h1-7,12,18,21,23H,8-11,13-17,19H2,(H,27,31)/t23-/m0/s1. The summed E-state index contributed by atoms with van der Waals surface area (Å²) in [4.78, 5) is 33.8. The lowest BCUT2D eigenvalue weighted by molar-refractivity contribution is -0.140. The molecule has 2 amide bonds. The normalized spacial score (nSPS) is 20.5.